The average Bonchev–Trinajstić information content (AvgIpc) is 2.94. The minimum Gasteiger partial charge on any atom is -0.481 e. The molecule has 0 atom stereocenters. The lowest BCUT2D eigenvalue weighted by Gasteiger charge is -2.16. The Bertz CT molecular complexity index is 1360. The Balaban J connectivity index is 1.65. The standard InChI is InChI=1S/C32H35ClN2O3/c1-22-26(24-14-12-23(13-15-24)7-3-4-19-36)8-5-9-27(22)28-10-6-11-29(31(28)33)30-17-16-25(21-34-18-20-37)32(35-30)38-2/h5-6,8-17,34,36-37H,3-4,7,18-21H2,1-2H3. The number of benzene rings is 3. The maximum Gasteiger partial charge on any atom is 0.218 e. The van der Waals surface area contributed by atoms with E-state index < -0.39 is 0 Å². The summed E-state index contributed by atoms with van der Waals surface area (Å²) in [6, 6.07) is 25.0. The number of nitrogens with zero attached hydrogens (tertiary/aromatic N) is 1. The van der Waals surface area contributed by atoms with E-state index in [0.717, 1.165) is 52.8 Å². The minimum atomic E-state index is 0.0770. The van der Waals surface area contributed by atoms with Crippen molar-refractivity contribution in [3.8, 4) is 39.4 Å². The summed E-state index contributed by atoms with van der Waals surface area (Å²) in [6.45, 7) is 3.52. The molecular formula is C32H35ClN2O3. The summed E-state index contributed by atoms with van der Waals surface area (Å²) in [4.78, 5) is 4.74. The molecule has 4 rings (SSSR count). The molecule has 3 aromatic carbocycles. The molecule has 0 aliphatic heterocycles. The molecule has 0 fully saturated rings. The first-order chi connectivity index (χ1) is 18.6. The van der Waals surface area contributed by atoms with Gasteiger partial charge in [-0.05, 0) is 60.1 Å². The van der Waals surface area contributed by atoms with Crippen LogP contribution < -0.4 is 10.1 Å². The molecule has 0 saturated carbocycles. The fraction of sp³-hybridized carbons (Fsp3) is 0.281. The van der Waals surface area contributed by atoms with Crippen LogP contribution in [-0.2, 0) is 13.0 Å². The van der Waals surface area contributed by atoms with Gasteiger partial charge in [0.15, 0.2) is 0 Å². The topological polar surface area (TPSA) is 74.6 Å². The van der Waals surface area contributed by atoms with Gasteiger partial charge < -0.3 is 20.3 Å². The van der Waals surface area contributed by atoms with Gasteiger partial charge in [0.2, 0.25) is 5.88 Å². The van der Waals surface area contributed by atoms with Crippen molar-refractivity contribution in [1.29, 1.82) is 0 Å². The van der Waals surface area contributed by atoms with E-state index in [1.54, 1.807) is 7.11 Å². The van der Waals surface area contributed by atoms with Crippen LogP contribution in [0.1, 0.15) is 29.5 Å². The monoisotopic (exact) mass is 530 g/mol. The number of aromatic nitrogens is 1. The van der Waals surface area contributed by atoms with E-state index in [2.05, 4.69) is 54.7 Å². The fourth-order valence-corrected chi connectivity index (χ4v) is 5.03. The number of ether oxygens (including phenoxy) is 1. The summed E-state index contributed by atoms with van der Waals surface area (Å²) in [5.41, 5.74) is 9.32. The Kier molecular flexibility index (Phi) is 9.91. The van der Waals surface area contributed by atoms with Crippen molar-refractivity contribution < 1.29 is 14.9 Å². The Morgan fingerprint density at radius 1 is 0.816 bits per heavy atom. The summed E-state index contributed by atoms with van der Waals surface area (Å²) in [7, 11) is 1.61. The molecule has 0 unspecified atom stereocenters. The van der Waals surface area contributed by atoms with Gasteiger partial charge in [0.1, 0.15) is 0 Å². The SMILES string of the molecule is COc1nc(-c2cccc(-c3cccc(-c4ccc(CCCCO)cc4)c3C)c2Cl)ccc1CNCCO. The van der Waals surface area contributed by atoms with Crippen molar-refractivity contribution in [3.63, 3.8) is 0 Å². The van der Waals surface area contributed by atoms with Gasteiger partial charge in [0.25, 0.3) is 0 Å². The highest BCUT2D eigenvalue weighted by Crippen LogP contribution is 2.40. The first-order valence-corrected chi connectivity index (χ1v) is 13.4. The molecular weight excluding hydrogens is 496 g/mol. The average molecular weight is 531 g/mol. The zero-order chi connectivity index (χ0) is 26.9. The van der Waals surface area contributed by atoms with E-state index in [-0.39, 0.29) is 13.2 Å². The van der Waals surface area contributed by atoms with Crippen molar-refractivity contribution in [3.05, 3.63) is 94.5 Å². The number of rotatable bonds is 12. The molecule has 0 amide bonds. The second kappa shape index (κ2) is 13.5. The summed E-state index contributed by atoms with van der Waals surface area (Å²) in [5, 5.41) is 21.9. The molecule has 4 aromatic rings. The molecule has 0 aliphatic carbocycles. The van der Waals surface area contributed by atoms with Crippen LogP contribution in [0.4, 0.5) is 0 Å². The third-order valence-electron chi connectivity index (χ3n) is 6.77. The van der Waals surface area contributed by atoms with Gasteiger partial charge in [-0.25, -0.2) is 4.98 Å². The van der Waals surface area contributed by atoms with Gasteiger partial charge in [0.05, 0.1) is 24.4 Å². The number of aliphatic hydroxyl groups is 2. The van der Waals surface area contributed by atoms with Crippen molar-refractivity contribution in [2.75, 3.05) is 26.9 Å². The molecule has 6 heteroatoms. The zero-order valence-corrected chi connectivity index (χ0v) is 22.8. The molecule has 198 valence electrons. The first kappa shape index (κ1) is 27.8. The Morgan fingerprint density at radius 3 is 2.24 bits per heavy atom. The molecule has 0 bridgehead atoms. The largest absolute Gasteiger partial charge is 0.481 e. The van der Waals surface area contributed by atoms with Crippen LogP contribution in [0.2, 0.25) is 5.02 Å². The van der Waals surface area contributed by atoms with E-state index >= 15 is 0 Å². The van der Waals surface area contributed by atoms with E-state index in [1.807, 2.05) is 30.3 Å². The van der Waals surface area contributed by atoms with Crippen LogP contribution in [0.15, 0.2) is 72.8 Å². The van der Waals surface area contributed by atoms with Gasteiger partial charge in [-0.2, -0.15) is 0 Å². The third kappa shape index (κ3) is 6.43. The summed E-state index contributed by atoms with van der Waals surface area (Å²) in [6.07, 6.45) is 2.79. The number of hydrogen-bond acceptors (Lipinski definition) is 5. The quantitative estimate of drug-likeness (QED) is 0.183. The van der Waals surface area contributed by atoms with Gasteiger partial charge in [-0.15, -0.1) is 0 Å². The van der Waals surface area contributed by atoms with Crippen molar-refractivity contribution in [2.24, 2.45) is 0 Å². The molecule has 0 spiro atoms. The normalized spacial score (nSPS) is 11.1. The summed E-state index contributed by atoms with van der Waals surface area (Å²) >= 11 is 7.03. The van der Waals surface area contributed by atoms with Crippen molar-refractivity contribution >= 4 is 11.6 Å². The molecule has 1 heterocycles. The minimum absolute atomic E-state index is 0.0770. The maximum absolute atomic E-state index is 9.03. The predicted octanol–water partition coefficient (Wildman–Crippen LogP) is 6.45. The van der Waals surface area contributed by atoms with Gasteiger partial charge in [-0.3, -0.25) is 0 Å². The molecule has 1 aromatic heterocycles. The Morgan fingerprint density at radius 2 is 1.53 bits per heavy atom. The second-order valence-corrected chi connectivity index (χ2v) is 9.67. The number of hydrogen-bond donors (Lipinski definition) is 3. The number of unbranched alkanes of at least 4 members (excludes halogenated alkanes) is 1. The van der Waals surface area contributed by atoms with E-state index in [0.29, 0.717) is 24.0 Å². The Hall–Kier alpha value is -3.22. The van der Waals surface area contributed by atoms with Crippen LogP contribution in [0.3, 0.4) is 0 Å². The fourth-order valence-electron chi connectivity index (χ4n) is 4.70. The number of aliphatic hydroxyl groups excluding tert-OH is 2. The highest BCUT2D eigenvalue weighted by molar-refractivity contribution is 6.36. The second-order valence-electron chi connectivity index (χ2n) is 9.29. The molecule has 0 saturated heterocycles. The molecule has 5 nitrogen and oxygen atoms in total. The van der Waals surface area contributed by atoms with Gasteiger partial charge >= 0.3 is 0 Å². The number of halogens is 1. The highest BCUT2D eigenvalue weighted by atomic mass is 35.5. The maximum atomic E-state index is 9.03. The lowest BCUT2D eigenvalue weighted by molar-refractivity contribution is 0.284. The zero-order valence-electron chi connectivity index (χ0n) is 22.0. The molecule has 3 N–H and O–H groups in total. The van der Waals surface area contributed by atoms with Gasteiger partial charge in [0, 0.05) is 36.4 Å². The molecule has 38 heavy (non-hydrogen) atoms. The number of aryl methyl sites for hydroxylation is 1. The van der Waals surface area contributed by atoms with E-state index in [9.17, 15) is 0 Å². The van der Waals surface area contributed by atoms with Crippen LogP contribution >= 0.6 is 11.6 Å². The number of pyridine rings is 1. The van der Waals surface area contributed by atoms with Crippen molar-refractivity contribution in [2.45, 2.75) is 32.7 Å². The predicted molar refractivity (Wildman–Crippen MR) is 156 cm³/mol. The number of nitrogens with one attached hydrogen (secondary N) is 1. The van der Waals surface area contributed by atoms with Gasteiger partial charge in [-0.1, -0.05) is 78.3 Å². The smallest absolute Gasteiger partial charge is 0.218 e. The van der Waals surface area contributed by atoms with E-state index in [4.69, 9.17) is 31.5 Å². The van der Waals surface area contributed by atoms with Crippen LogP contribution in [0.5, 0.6) is 5.88 Å². The molecule has 0 aliphatic rings. The summed E-state index contributed by atoms with van der Waals surface area (Å²) in [5.74, 6) is 0.535. The van der Waals surface area contributed by atoms with Crippen LogP contribution in [-0.4, -0.2) is 42.1 Å². The lowest BCUT2D eigenvalue weighted by Crippen LogP contribution is -2.18. The third-order valence-corrected chi connectivity index (χ3v) is 7.18. The van der Waals surface area contributed by atoms with Crippen molar-refractivity contribution in [1.82, 2.24) is 10.3 Å². The lowest BCUT2D eigenvalue weighted by atomic mass is 9.91. The van der Waals surface area contributed by atoms with E-state index in [1.165, 1.54) is 16.7 Å². The number of methoxy groups -OCH3 is 1. The Labute approximate surface area is 230 Å². The van der Waals surface area contributed by atoms with Crippen LogP contribution in [0, 0.1) is 6.92 Å². The summed E-state index contributed by atoms with van der Waals surface area (Å²) < 4.78 is 5.54. The first-order valence-electron chi connectivity index (χ1n) is 13.0. The van der Waals surface area contributed by atoms with Crippen LogP contribution in [0.25, 0.3) is 33.5 Å². The highest BCUT2D eigenvalue weighted by Gasteiger charge is 2.16. The molecule has 0 radical (unpaired) electrons.